The molecule has 1 fully saturated rings. The summed E-state index contributed by atoms with van der Waals surface area (Å²) in [4.78, 5) is 12.1. The first kappa shape index (κ1) is 16.5. The van der Waals surface area contributed by atoms with Gasteiger partial charge in [-0.15, -0.1) is 10.2 Å². The largest absolute Gasteiger partial charge is 0.300 e. The molecular weight excluding hydrogens is 326 g/mol. The van der Waals surface area contributed by atoms with Crippen molar-refractivity contribution in [1.82, 2.24) is 10.2 Å². The van der Waals surface area contributed by atoms with E-state index in [0.29, 0.717) is 17.5 Å². The van der Waals surface area contributed by atoms with E-state index in [0.717, 1.165) is 10.1 Å². The van der Waals surface area contributed by atoms with Gasteiger partial charge in [-0.1, -0.05) is 72.7 Å². The second-order valence-corrected chi connectivity index (χ2v) is 8.10. The van der Waals surface area contributed by atoms with Crippen molar-refractivity contribution >= 4 is 34.1 Å². The number of thioether (sulfide) groups is 1. The van der Waals surface area contributed by atoms with Crippen LogP contribution in [-0.4, -0.2) is 16.1 Å². The van der Waals surface area contributed by atoms with Gasteiger partial charge in [0, 0.05) is 12.2 Å². The van der Waals surface area contributed by atoms with E-state index in [1.54, 1.807) is 11.8 Å². The number of carbonyl (C=O) groups is 1. The number of benzene rings is 1. The predicted molar refractivity (Wildman–Crippen MR) is 95.7 cm³/mol. The van der Waals surface area contributed by atoms with Crippen LogP contribution in [-0.2, 0) is 10.5 Å². The summed E-state index contributed by atoms with van der Waals surface area (Å²) in [5.41, 5.74) is 1.26. The number of rotatable bonds is 6. The maximum atomic E-state index is 12.1. The van der Waals surface area contributed by atoms with Crippen LogP contribution < -0.4 is 5.32 Å². The molecule has 1 saturated carbocycles. The second kappa shape index (κ2) is 8.45. The predicted octanol–water partition coefficient (Wildman–Crippen LogP) is 4.74. The lowest BCUT2D eigenvalue weighted by Crippen LogP contribution is -2.18. The van der Waals surface area contributed by atoms with Gasteiger partial charge in [0.05, 0.1) is 0 Å². The van der Waals surface area contributed by atoms with Gasteiger partial charge in [-0.2, -0.15) is 0 Å². The summed E-state index contributed by atoms with van der Waals surface area (Å²) in [6, 6.07) is 10.3. The Morgan fingerprint density at radius 2 is 1.96 bits per heavy atom. The SMILES string of the molecule is O=C(CC1CCCCC1)Nc1nnc(SCc2ccccc2)s1. The number of amides is 1. The third-order valence-corrected chi connectivity index (χ3v) is 6.10. The first-order valence-corrected chi connectivity index (χ1v) is 9.90. The van der Waals surface area contributed by atoms with E-state index in [1.807, 2.05) is 18.2 Å². The lowest BCUT2D eigenvalue weighted by atomic mass is 9.87. The van der Waals surface area contributed by atoms with Gasteiger partial charge in [0.2, 0.25) is 11.0 Å². The summed E-state index contributed by atoms with van der Waals surface area (Å²) in [6.45, 7) is 0. The van der Waals surface area contributed by atoms with E-state index in [2.05, 4.69) is 27.6 Å². The second-order valence-electron chi connectivity index (χ2n) is 5.90. The highest BCUT2D eigenvalue weighted by atomic mass is 32.2. The summed E-state index contributed by atoms with van der Waals surface area (Å²) in [5, 5.41) is 11.7. The van der Waals surface area contributed by atoms with Gasteiger partial charge in [-0.05, 0) is 24.3 Å². The molecule has 3 rings (SSSR count). The molecule has 1 amide bonds. The van der Waals surface area contributed by atoms with Crippen LogP contribution in [0.15, 0.2) is 34.7 Å². The molecule has 1 aliphatic rings. The zero-order valence-corrected chi connectivity index (χ0v) is 14.7. The van der Waals surface area contributed by atoms with Crippen LogP contribution in [0, 0.1) is 5.92 Å². The minimum absolute atomic E-state index is 0.0765. The summed E-state index contributed by atoms with van der Waals surface area (Å²) in [6.07, 6.45) is 6.82. The monoisotopic (exact) mass is 347 g/mol. The average Bonchev–Trinajstić information content (AvgIpc) is 3.02. The lowest BCUT2D eigenvalue weighted by Gasteiger charge is -2.20. The zero-order valence-electron chi connectivity index (χ0n) is 13.0. The number of aromatic nitrogens is 2. The lowest BCUT2D eigenvalue weighted by molar-refractivity contribution is -0.117. The molecule has 1 aromatic heterocycles. The highest BCUT2D eigenvalue weighted by Crippen LogP contribution is 2.29. The smallest absolute Gasteiger partial charge is 0.226 e. The van der Waals surface area contributed by atoms with E-state index in [-0.39, 0.29) is 5.91 Å². The normalized spacial score (nSPS) is 15.5. The van der Waals surface area contributed by atoms with E-state index in [4.69, 9.17) is 0 Å². The Bertz CT molecular complexity index is 624. The van der Waals surface area contributed by atoms with Gasteiger partial charge in [0.15, 0.2) is 4.34 Å². The number of hydrogen-bond acceptors (Lipinski definition) is 5. The highest BCUT2D eigenvalue weighted by molar-refractivity contribution is 8.00. The molecular formula is C17H21N3OS2. The van der Waals surface area contributed by atoms with Crippen LogP contribution in [0.5, 0.6) is 0 Å². The molecule has 0 bridgehead atoms. The van der Waals surface area contributed by atoms with Crippen LogP contribution in [0.1, 0.15) is 44.1 Å². The molecule has 4 nitrogen and oxygen atoms in total. The van der Waals surface area contributed by atoms with Crippen molar-refractivity contribution in [2.75, 3.05) is 5.32 Å². The Labute approximate surface area is 145 Å². The number of anilines is 1. The van der Waals surface area contributed by atoms with Crippen molar-refractivity contribution < 1.29 is 4.79 Å². The van der Waals surface area contributed by atoms with E-state index in [9.17, 15) is 4.79 Å². The van der Waals surface area contributed by atoms with Crippen LogP contribution in [0.2, 0.25) is 0 Å². The van der Waals surface area contributed by atoms with E-state index >= 15 is 0 Å². The maximum absolute atomic E-state index is 12.1. The molecule has 2 aromatic rings. The van der Waals surface area contributed by atoms with Crippen molar-refractivity contribution in [2.24, 2.45) is 5.92 Å². The van der Waals surface area contributed by atoms with Crippen molar-refractivity contribution in [3.05, 3.63) is 35.9 Å². The van der Waals surface area contributed by atoms with E-state index < -0.39 is 0 Å². The van der Waals surface area contributed by atoms with Gasteiger partial charge in [-0.25, -0.2) is 0 Å². The highest BCUT2D eigenvalue weighted by Gasteiger charge is 2.18. The van der Waals surface area contributed by atoms with Crippen molar-refractivity contribution in [2.45, 2.75) is 48.6 Å². The first-order valence-electron chi connectivity index (χ1n) is 8.09. The van der Waals surface area contributed by atoms with Crippen LogP contribution in [0.4, 0.5) is 5.13 Å². The van der Waals surface area contributed by atoms with Crippen molar-refractivity contribution in [3.8, 4) is 0 Å². The Morgan fingerprint density at radius 3 is 2.74 bits per heavy atom. The summed E-state index contributed by atoms with van der Waals surface area (Å²) >= 11 is 3.10. The van der Waals surface area contributed by atoms with Crippen molar-refractivity contribution in [3.63, 3.8) is 0 Å². The Hall–Kier alpha value is -1.40. The number of hydrogen-bond donors (Lipinski definition) is 1. The molecule has 23 heavy (non-hydrogen) atoms. The van der Waals surface area contributed by atoms with Crippen LogP contribution in [0.3, 0.4) is 0 Å². The molecule has 0 radical (unpaired) electrons. The quantitative estimate of drug-likeness (QED) is 0.606. The molecule has 1 heterocycles. The van der Waals surface area contributed by atoms with E-state index in [1.165, 1.54) is 49.0 Å². The molecule has 0 unspecified atom stereocenters. The zero-order chi connectivity index (χ0) is 15.9. The standard InChI is InChI=1S/C17H21N3OS2/c21-15(11-13-7-3-1-4-8-13)18-16-19-20-17(23-16)22-12-14-9-5-2-6-10-14/h2,5-6,9-10,13H,1,3-4,7-8,11-12H2,(H,18,19,21). The molecule has 122 valence electrons. The van der Waals surface area contributed by atoms with Gasteiger partial charge in [-0.3, -0.25) is 4.79 Å². The summed E-state index contributed by atoms with van der Waals surface area (Å²) in [5.74, 6) is 1.49. The molecule has 1 aromatic carbocycles. The molecule has 0 atom stereocenters. The molecule has 1 N–H and O–H groups in total. The third kappa shape index (κ3) is 5.32. The summed E-state index contributed by atoms with van der Waals surface area (Å²) < 4.78 is 0.891. The fraction of sp³-hybridized carbons (Fsp3) is 0.471. The minimum Gasteiger partial charge on any atom is -0.300 e. The van der Waals surface area contributed by atoms with Gasteiger partial charge < -0.3 is 5.32 Å². The molecule has 0 aliphatic heterocycles. The first-order chi connectivity index (χ1) is 11.3. The topological polar surface area (TPSA) is 54.9 Å². The third-order valence-electron chi connectivity index (χ3n) is 4.06. The number of nitrogens with zero attached hydrogens (tertiary/aromatic N) is 2. The van der Waals surface area contributed by atoms with Crippen LogP contribution >= 0.6 is 23.1 Å². The van der Waals surface area contributed by atoms with Gasteiger partial charge in [0.25, 0.3) is 0 Å². The summed E-state index contributed by atoms with van der Waals surface area (Å²) in [7, 11) is 0. The fourth-order valence-electron chi connectivity index (χ4n) is 2.86. The Kier molecular flexibility index (Phi) is 6.05. The molecule has 1 aliphatic carbocycles. The Morgan fingerprint density at radius 1 is 1.17 bits per heavy atom. The molecule has 0 saturated heterocycles. The average molecular weight is 348 g/mol. The number of carbonyl (C=O) groups excluding carboxylic acids is 1. The van der Waals surface area contributed by atoms with Crippen molar-refractivity contribution in [1.29, 1.82) is 0 Å². The molecule has 6 heteroatoms. The minimum atomic E-state index is 0.0765. The van der Waals surface area contributed by atoms with Gasteiger partial charge in [0.1, 0.15) is 0 Å². The van der Waals surface area contributed by atoms with Gasteiger partial charge >= 0.3 is 0 Å². The maximum Gasteiger partial charge on any atom is 0.226 e. The Balaban J connectivity index is 1.45. The fourth-order valence-corrected chi connectivity index (χ4v) is 4.59. The number of nitrogens with one attached hydrogen (secondary N) is 1. The molecule has 0 spiro atoms. The van der Waals surface area contributed by atoms with Crippen LogP contribution in [0.25, 0.3) is 0 Å².